The van der Waals surface area contributed by atoms with E-state index in [9.17, 15) is 8.42 Å². The largest absolute Gasteiger partial charge is 0.335 e. The van der Waals surface area contributed by atoms with Gasteiger partial charge >= 0.3 is 0 Å². The molecule has 0 aromatic carbocycles. The maximum atomic E-state index is 12.9. The highest BCUT2D eigenvalue weighted by Crippen LogP contribution is 2.54. The van der Waals surface area contributed by atoms with Gasteiger partial charge in [0.15, 0.2) is 5.03 Å². The Labute approximate surface area is 136 Å². The normalized spacial score (nSPS) is 20.4. The average Bonchev–Trinajstić information content (AvgIpc) is 3.37. The standard InChI is InChI=1S/C13H24N4O2P2S/c1-15(2)7-8-16-9-13(14-10-16)22(18,19)17(20-11-3-4-11)21-12-5-6-12/h9-12,20-21H,3-8H2,1-2H3. The smallest absolute Gasteiger partial charge is 0.268 e. The van der Waals surface area contributed by atoms with E-state index >= 15 is 0 Å². The van der Waals surface area contributed by atoms with Crippen LogP contribution in [-0.2, 0) is 16.6 Å². The van der Waals surface area contributed by atoms with Gasteiger partial charge in [-0.25, -0.2) is 13.4 Å². The van der Waals surface area contributed by atoms with Crippen LogP contribution in [0.25, 0.3) is 0 Å². The van der Waals surface area contributed by atoms with Gasteiger partial charge in [0.25, 0.3) is 10.0 Å². The van der Waals surface area contributed by atoms with Crippen molar-refractivity contribution in [2.45, 2.75) is 48.6 Å². The number of aromatic nitrogens is 2. The van der Waals surface area contributed by atoms with Crippen molar-refractivity contribution < 1.29 is 8.42 Å². The maximum Gasteiger partial charge on any atom is 0.268 e. The van der Waals surface area contributed by atoms with Crippen LogP contribution in [-0.4, -0.2) is 58.7 Å². The molecular weight excluding hydrogens is 338 g/mol. The second kappa shape index (κ2) is 6.82. The van der Waals surface area contributed by atoms with E-state index in [1.165, 1.54) is 25.7 Å². The highest BCUT2D eigenvalue weighted by Gasteiger charge is 2.36. The third-order valence-electron chi connectivity index (χ3n) is 3.67. The minimum atomic E-state index is -3.42. The number of hydrogen-bond acceptors (Lipinski definition) is 4. The first-order chi connectivity index (χ1) is 10.4. The Hall–Kier alpha value is -0.0600. The van der Waals surface area contributed by atoms with Crippen molar-refractivity contribution in [1.82, 2.24) is 18.3 Å². The molecule has 2 atom stereocenters. The summed E-state index contributed by atoms with van der Waals surface area (Å²) < 4.78 is 29.3. The molecule has 9 heteroatoms. The maximum absolute atomic E-state index is 12.9. The van der Waals surface area contributed by atoms with Crippen LogP contribution < -0.4 is 0 Å². The van der Waals surface area contributed by atoms with Gasteiger partial charge in [0, 0.05) is 19.3 Å². The Bertz CT molecular complexity index is 597. The summed E-state index contributed by atoms with van der Waals surface area (Å²) in [6, 6.07) is 0. The minimum Gasteiger partial charge on any atom is -0.335 e. The molecule has 0 saturated heterocycles. The van der Waals surface area contributed by atoms with Crippen LogP contribution >= 0.6 is 17.5 Å². The molecule has 0 radical (unpaired) electrons. The van der Waals surface area contributed by atoms with Crippen molar-refractivity contribution in [1.29, 1.82) is 0 Å². The second-order valence-corrected chi connectivity index (χ2v) is 12.2. The zero-order valence-corrected chi connectivity index (χ0v) is 15.9. The lowest BCUT2D eigenvalue weighted by molar-refractivity contribution is 0.383. The molecule has 0 bridgehead atoms. The number of hydrogen-bond donors (Lipinski definition) is 0. The van der Waals surface area contributed by atoms with E-state index in [1.807, 2.05) is 18.7 Å². The first kappa shape index (κ1) is 16.8. The summed E-state index contributed by atoms with van der Waals surface area (Å²) in [6.45, 7) is 1.62. The van der Waals surface area contributed by atoms with E-state index < -0.39 is 10.0 Å². The summed E-state index contributed by atoms with van der Waals surface area (Å²) in [5.41, 5.74) is 1.19. The van der Waals surface area contributed by atoms with Crippen LogP contribution in [0.2, 0.25) is 0 Å². The number of imidazole rings is 1. The molecule has 2 fully saturated rings. The lowest BCUT2D eigenvalue weighted by atomic mass is 10.6. The van der Waals surface area contributed by atoms with Crippen LogP contribution in [0.4, 0.5) is 0 Å². The zero-order chi connectivity index (χ0) is 15.7. The van der Waals surface area contributed by atoms with Crippen LogP contribution in [0.15, 0.2) is 17.6 Å². The van der Waals surface area contributed by atoms with E-state index in [-0.39, 0.29) is 5.03 Å². The third kappa shape index (κ3) is 4.48. The number of nitrogens with zero attached hydrogens (tertiary/aromatic N) is 4. The molecule has 2 saturated carbocycles. The fourth-order valence-electron chi connectivity index (χ4n) is 1.94. The summed E-state index contributed by atoms with van der Waals surface area (Å²) in [6.07, 6.45) is 8.02. The molecule has 6 nitrogen and oxygen atoms in total. The summed E-state index contributed by atoms with van der Waals surface area (Å²) in [4.78, 5) is 6.24. The Kier molecular flexibility index (Phi) is 5.20. The quantitative estimate of drug-likeness (QED) is 0.630. The summed E-state index contributed by atoms with van der Waals surface area (Å²) >= 11 is 0. The Morgan fingerprint density at radius 1 is 1.23 bits per heavy atom. The Morgan fingerprint density at radius 2 is 1.82 bits per heavy atom. The van der Waals surface area contributed by atoms with Crippen molar-refractivity contribution in [2.24, 2.45) is 0 Å². The summed E-state index contributed by atoms with van der Waals surface area (Å²) in [5, 5.41) is 0.215. The van der Waals surface area contributed by atoms with Gasteiger partial charge in [-0.05, 0) is 68.6 Å². The van der Waals surface area contributed by atoms with Crippen LogP contribution in [0.5, 0.6) is 0 Å². The van der Waals surface area contributed by atoms with Gasteiger partial charge in [0.05, 0.1) is 6.33 Å². The van der Waals surface area contributed by atoms with E-state index in [4.69, 9.17) is 0 Å². The van der Waals surface area contributed by atoms with Gasteiger partial charge in [-0.2, -0.15) is 3.85 Å². The molecule has 1 heterocycles. The van der Waals surface area contributed by atoms with Gasteiger partial charge in [-0.3, -0.25) is 0 Å². The SMILES string of the molecule is CN(C)CCn1cnc(S(=O)(=O)N(PC2CC2)PC2CC2)c1. The first-order valence-electron chi connectivity index (χ1n) is 7.69. The van der Waals surface area contributed by atoms with Crippen LogP contribution in [0.3, 0.4) is 0 Å². The number of sulfonamides is 1. The molecule has 0 amide bonds. The predicted octanol–water partition coefficient (Wildman–Crippen LogP) is 1.95. The zero-order valence-electron chi connectivity index (χ0n) is 13.1. The predicted molar refractivity (Wildman–Crippen MR) is 92.5 cm³/mol. The van der Waals surface area contributed by atoms with Gasteiger partial charge in [0.2, 0.25) is 0 Å². The Balaban J connectivity index is 1.71. The number of likely N-dealkylation sites (N-methyl/N-ethyl adjacent to an activating group) is 1. The minimum absolute atomic E-state index is 0.215. The lowest BCUT2D eigenvalue weighted by Crippen LogP contribution is -2.18. The van der Waals surface area contributed by atoms with E-state index in [0.29, 0.717) is 28.8 Å². The molecule has 1 aromatic heterocycles. The van der Waals surface area contributed by atoms with Crippen LogP contribution in [0.1, 0.15) is 25.7 Å². The molecule has 1 aromatic rings. The van der Waals surface area contributed by atoms with E-state index in [0.717, 1.165) is 13.1 Å². The van der Waals surface area contributed by atoms with Gasteiger partial charge < -0.3 is 9.47 Å². The molecule has 22 heavy (non-hydrogen) atoms. The van der Waals surface area contributed by atoms with Crippen molar-refractivity contribution in [3.05, 3.63) is 12.5 Å². The molecule has 124 valence electrons. The van der Waals surface area contributed by atoms with Crippen molar-refractivity contribution >= 4 is 27.5 Å². The Morgan fingerprint density at radius 3 is 2.32 bits per heavy atom. The van der Waals surface area contributed by atoms with Crippen LogP contribution in [0, 0.1) is 0 Å². The molecule has 0 aliphatic heterocycles. The summed E-state index contributed by atoms with van der Waals surface area (Å²) in [7, 11) is 1.41. The van der Waals surface area contributed by atoms with Crippen molar-refractivity contribution in [3.8, 4) is 0 Å². The first-order valence-corrected chi connectivity index (χ1v) is 11.2. The second-order valence-electron chi connectivity index (χ2n) is 6.33. The fourth-order valence-corrected chi connectivity index (χ4v) is 8.05. The molecule has 0 spiro atoms. The number of rotatable bonds is 9. The van der Waals surface area contributed by atoms with E-state index in [1.54, 1.807) is 16.4 Å². The van der Waals surface area contributed by atoms with Gasteiger partial charge in [-0.15, -0.1) is 0 Å². The van der Waals surface area contributed by atoms with Gasteiger partial charge in [-0.1, -0.05) is 0 Å². The third-order valence-corrected chi connectivity index (χ3v) is 10.1. The molecular formula is C13H24N4O2P2S. The molecule has 3 rings (SSSR count). The molecule has 0 N–H and O–H groups in total. The van der Waals surface area contributed by atoms with E-state index in [2.05, 4.69) is 9.88 Å². The monoisotopic (exact) mass is 362 g/mol. The van der Waals surface area contributed by atoms with Gasteiger partial charge in [0.1, 0.15) is 0 Å². The molecule has 2 aliphatic carbocycles. The lowest BCUT2D eigenvalue weighted by Gasteiger charge is -2.20. The fraction of sp³-hybridized carbons (Fsp3) is 0.769. The van der Waals surface area contributed by atoms with Crippen molar-refractivity contribution in [2.75, 3.05) is 20.6 Å². The molecule has 2 aliphatic rings. The topological polar surface area (TPSA) is 58.4 Å². The molecule has 2 unspecified atom stereocenters. The summed E-state index contributed by atoms with van der Waals surface area (Å²) in [5.74, 6) is 0. The highest BCUT2D eigenvalue weighted by atomic mass is 32.2. The van der Waals surface area contributed by atoms with Crippen molar-refractivity contribution in [3.63, 3.8) is 0 Å². The average molecular weight is 362 g/mol. The highest BCUT2D eigenvalue weighted by molar-refractivity contribution is 7.97.